The number of aryl methyl sites for hydroxylation is 2. The van der Waals surface area contributed by atoms with E-state index < -0.39 is 11.4 Å². The molecule has 0 saturated carbocycles. The van der Waals surface area contributed by atoms with E-state index in [2.05, 4.69) is 20.4 Å². The van der Waals surface area contributed by atoms with E-state index in [-0.39, 0.29) is 35.7 Å². The fourth-order valence-corrected chi connectivity index (χ4v) is 2.88. The zero-order valence-corrected chi connectivity index (χ0v) is 15.4. The summed E-state index contributed by atoms with van der Waals surface area (Å²) in [6.07, 6.45) is 2.97. The van der Waals surface area contributed by atoms with Gasteiger partial charge in [0, 0.05) is 24.7 Å². The predicted octanol–water partition coefficient (Wildman–Crippen LogP) is 2.92. The molecule has 0 saturated heterocycles. The number of hydrogen-bond acceptors (Lipinski definition) is 6. The largest absolute Gasteiger partial charge is 0.335 e. The molecule has 0 radical (unpaired) electrons. The topological polar surface area (TPSA) is 103 Å². The minimum atomic E-state index is -0.397. The summed E-state index contributed by atoms with van der Waals surface area (Å²) in [6, 6.07) is 9.14. The maximum atomic E-state index is 13.2. The highest BCUT2D eigenvalue weighted by Crippen LogP contribution is 2.24. The van der Waals surface area contributed by atoms with Gasteiger partial charge in [0.1, 0.15) is 29.0 Å². The molecular formula is C20H16FN5O3. The van der Waals surface area contributed by atoms with Gasteiger partial charge < -0.3 is 9.84 Å². The van der Waals surface area contributed by atoms with Crippen LogP contribution in [-0.4, -0.2) is 25.6 Å². The van der Waals surface area contributed by atoms with Crippen LogP contribution >= 0.6 is 0 Å². The minimum absolute atomic E-state index is 0.0554. The van der Waals surface area contributed by atoms with Gasteiger partial charge in [0.25, 0.3) is 11.3 Å². The lowest BCUT2D eigenvalue weighted by Gasteiger charge is -2.07. The third kappa shape index (κ3) is 3.88. The number of carbonyl (C=O) groups is 1. The summed E-state index contributed by atoms with van der Waals surface area (Å²) in [5.74, 6) is -0.223. The lowest BCUT2D eigenvalue weighted by Crippen LogP contribution is -2.23. The molecule has 3 aromatic heterocycles. The molecule has 1 N–H and O–H groups in total. The van der Waals surface area contributed by atoms with Crippen LogP contribution in [0.15, 0.2) is 58.2 Å². The molecule has 4 aromatic rings. The fraction of sp³-hybridized carbons (Fsp3) is 0.150. The van der Waals surface area contributed by atoms with Crippen LogP contribution in [0.3, 0.4) is 0 Å². The molecule has 0 aliphatic heterocycles. The van der Waals surface area contributed by atoms with Crippen molar-refractivity contribution >= 4 is 22.8 Å². The average Bonchev–Trinajstić information content (AvgIpc) is 3.13. The van der Waals surface area contributed by atoms with Gasteiger partial charge >= 0.3 is 0 Å². The van der Waals surface area contributed by atoms with Crippen molar-refractivity contribution in [1.29, 1.82) is 0 Å². The number of pyridine rings is 1. The number of anilines is 1. The predicted molar refractivity (Wildman–Crippen MR) is 104 cm³/mol. The minimum Gasteiger partial charge on any atom is -0.335 e. The molecule has 146 valence electrons. The number of amides is 1. The highest BCUT2D eigenvalue weighted by molar-refractivity contribution is 5.90. The molecule has 0 fully saturated rings. The fourth-order valence-electron chi connectivity index (χ4n) is 2.88. The van der Waals surface area contributed by atoms with Crippen molar-refractivity contribution in [3.05, 3.63) is 70.7 Å². The first-order chi connectivity index (χ1) is 14.0. The molecule has 0 bridgehead atoms. The van der Waals surface area contributed by atoms with E-state index in [4.69, 9.17) is 4.52 Å². The van der Waals surface area contributed by atoms with Gasteiger partial charge in [-0.15, -0.1) is 0 Å². The van der Waals surface area contributed by atoms with Gasteiger partial charge in [-0.3, -0.25) is 14.2 Å². The first-order valence-corrected chi connectivity index (χ1v) is 8.84. The van der Waals surface area contributed by atoms with Crippen LogP contribution in [0.5, 0.6) is 0 Å². The third-order valence-electron chi connectivity index (χ3n) is 4.34. The van der Waals surface area contributed by atoms with Crippen molar-refractivity contribution in [2.45, 2.75) is 19.9 Å². The van der Waals surface area contributed by atoms with E-state index in [1.54, 1.807) is 12.3 Å². The Morgan fingerprint density at radius 1 is 1.21 bits per heavy atom. The molecule has 29 heavy (non-hydrogen) atoms. The van der Waals surface area contributed by atoms with E-state index in [9.17, 15) is 14.0 Å². The third-order valence-corrected chi connectivity index (χ3v) is 4.34. The van der Waals surface area contributed by atoms with Gasteiger partial charge in [0.2, 0.25) is 5.91 Å². The van der Waals surface area contributed by atoms with Gasteiger partial charge in [0.05, 0.1) is 0 Å². The summed E-state index contributed by atoms with van der Waals surface area (Å²) in [4.78, 5) is 33.2. The molecule has 0 aliphatic carbocycles. The smallest absolute Gasteiger partial charge is 0.266 e. The Balaban J connectivity index is 1.56. The van der Waals surface area contributed by atoms with Gasteiger partial charge in [-0.05, 0) is 48.9 Å². The summed E-state index contributed by atoms with van der Waals surface area (Å²) in [6.45, 7) is 2.02. The van der Waals surface area contributed by atoms with Crippen LogP contribution in [0.2, 0.25) is 0 Å². The first-order valence-electron chi connectivity index (χ1n) is 8.84. The molecule has 3 heterocycles. The lowest BCUT2D eigenvalue weighted by molar-refractivity contribution is -0.116. The Hall–Kier alpha value is -3.88. The number of nitrogens with zero attached hydrogens (tertiary/aromatic N) is 4. The lowest BCUT2D eigenvalue weighted by atomic mass is 10.1. The standard InChI is InChI=1S/C20H16FN5O3/c1-12-6-8-22-15(10-12)24-16(27)7-9-26-11-23-19-17(20(26)28)18(25-29-19)13-2-4-14(21)5-3-13/h2-6,8,10-11H,7,9H2,1H3,(H,22,24,27). The van der Waals surface area contributed by atoms with E-state index in [0.29, 0.717) is 11.4 Å². The van der Waals surface area contributed by atoms with Gasteiger partial charge in [-0.25, -0.2) is 14.4 Å². The molecule has 0 unspecified atom stereocenters. The normalized spacial score (nSPS) is 11.0. The number of fused-ring (bicyclic) bond motifs is 1. The van der Waals surface area contributed by atoms with Crippen molar-refractivity contribution in [1.82, 2.24) is 19.7 Å². The van der Waals surface area contributed by atoms with E-state index in [1.165, 1.54) is 35.2 Å². The Bertz CT molecular complexity index is 1250. The molecule has 4 rings (SSSR count). The number of halogens is 1. The van der Waals surface area contributed by atoms with Gasteiger partial charge in [-0.1, -0.05) is 5.16 Å². The second kappa shape index (κ2) is 7.63. The van der Waals surface area contributed by atoms with E-state index >= 15 is 0 Å². The Kier molecular flexibility index (Phi) is 4.86. The molecule has 0 spiro atoms. The quantitative estimate of drug-likeness (QED) is 0.559. The number of hydrogen-bond donors (Lipinski definition) is 1. The summed E-state index contributed by atoms with van der Waals surface area (Å²) in [5, 5.41) is 6.77. The van der Waals surface area contributed by atoms with Gasteiger partial charge in [0.15, 0.2) is 0 Å². The molecule has 1 amide bonds. The van der Waals surface area contributed by atoms with Crippen LogP contribution in [-0.2, 0) is 11.3 Å². The first kappa shape index (κ1) is 18.5. The van der Waals surface area contributed by atoms with Crippen LogP contribution in [0.1, 0.15) is 12.0 Å². The number of aromatic nitrogens is 4. The summed E-state index contributed by atoms with van der Waals surface area (Å²) < 4.78 is 19.6. The maximum absolute atomic E-state index is 13.2. The molecular weight excluding hydrogens is 377 g/mol. The monoisotopic (exact) mass is 393 g/mol. The highest BCUT2D eigenvalue weighted by atomic mass is 19.1. The summed E-state index contributed by atoms with van der Waals surface area (Å²) >= 11 is 0. The van der Waals surface area contributed by atoms with Crippen molar-refractivity contribution in [3.63, 3.8) is 0 Å². The van der Waals surface area contributed by atoms with Crippen molar-refractivity contribution in [2.75, 3.05) is 5.32 Å². The summed E-state index contributed by atoms with van der Waals surface area (Å²) in [5.41, 5.74) is 1.48. The number of rotatable bonds is 5. The van der Waals surface area contributed by atoms with Crippen molar-refractivity contribution in [2.24, 2.45) is 0 Å². The zero-order chi connectivity index (χ0) is 20.4. The Labute approximate surface area is 164 Å². The van der Waals surface area contributed by atoms with E-state index in [1.807, 2.05) is 13.0 Å². The van der Waals surface area contributed by atoms with Crippen LogP contribution in [0, 0.1) is 12.7 Å². The van der Waals surface area contributed by atoms with Gasteiger partial charge in [-0.2, -0.15) is 0 Å². The number of nitrogens with one attached hydrogen (secondary N) is 1. The average molecular weight is 393 g/mol. The number of carbonyl (C=O) groups excluding carboxylic acids is 1. The van der Waals surface area contributed by atoms with Crippen molar-refractivity contribution < 1.29 is 13.7 Å². The Morgan fingerprint density at radius 3 is 2.76 bits per heavy atom. The Morgan fingerprint density at radius 2 is 2.00 bits per heavy atom. The highest BCUT2D eigenvalue weighted by Gasteiger charge is 2.17. The molecule has 0 aliphatic rings. The van der Waals surface area contributed by atoms with Crippen LogP contribution in [0.4, 0.5) is 10.2 Å². The van der Waals surface area contributed by atoms with Crippen LogP contribution < -0.4 is 10.9 Å². The molecule has 9 heteroatoms. The number of benzene rings is 1. The summed E-state index contributed by atoms with van der Waals surface area (Å²) in [7, 11) is 0. The second-order valence-electron chi connectivity index (χ2n) is 6.48. The zero-order valence-electron chi connectivity index (χ0n) is 15.4. The molecule has 0 atom stereocenters. The van der Waals surface area contributed by atoms with Crippen LogP contribution in [0.25, 0.3) is 22.4 Å². The molecule has 1 aromatic carbocycles. The van der Waals surface area contributed by atoms with Crippen molar-refractivity contribution in [3.8, 4) is 11.3 Å². The molecule has 8 nitrogen and oxygen atoms in total. The maximum Gasteiger partial charge on any atom is 0.266 e. The van der Waals surface area contributed by atoms with E-state index in [0.717, 1.165) is 5.56 Å². The second-order valence-corrected chi connectivity index (χ2v) is 6.48. The SMILES string of the molecule is Cc1ccnc(NC(=O)CCn2cnc3onc(-c4ccc(F)cc4)c3c2=O)c1.